The van der Waals surface area contributed by atoms with Gasteiger partial charge >= 0.3 is 0 Å². The van der Waals surface area contributed by atoms with Gasteiger partial charge in [0.1, 0.15) is 5.84 Å². The average molecular weight is 310 g/mol. The van der Waals surface area contributed by atoms with E-state index in [1.165, 1.54) is 0 Å². The number of aromatic nitrogens is 1. The van der Waals surface area contributed by atoms with Gasteiger partial charge in [0.05, 0.1) is 17.3 Å². The Morgan fingerprint density at radius 3 is 2.65 bits per heavy atom. The van der Waals surface area contributed by atoms with Crippen LogP contribution in [0.4, 0.5) is 0 Å². The second-order valence-electron chi connectivity index (χ2n) is 7.08. The topological polar surface area (TPSA) is 94.4 Å². The molecule has 1 aromatic rings. The van der Waals surface area contributed by atoms with Crippen LogP contribution in [0.5, 0.6) is 0 Å². The fourth-order valence-corrected chi connectivity index (χ4v) is 3.50. The third-order valence-corrected chi connectivity index (χ3v) is 4.41. The molecule has 3 rings (SSSR count). The third kappa shape index (κ3) is 2.67. The van der Waals surface area contributed by atoms with Crippen LogP contribution in [-0.2, 0) is 4.79 Å². The number of rotatable bonds is 1. The SMILES string of the molecule is C/C(N)=C1/C(N)=NC2=C(C(=O)CC(C)(C)C2)C1c1ccccn1. The zero-order chi connectivity index (χ0) is 16.8. The molecular formula is C18H22N4O. The van der Waals surface area contributed by atoms with Crippen molar-refractivity contribution in [3.05, 3.63) is 52.6 Å². The minimum absolute atomic E-state index is 0.104. The summed E-state index contributed by atoms with van der Waals surface area (Å²) >= 11 is 0. The Bertz CT molecular complexity index is 752. The zero-order valence-electron chi connectivity index (χ0n) is 13.8. The second-order valence-corrected chi connectivity index (χ2v) is 7.08. The summed E-state index contributed by atoms with van der Waals surface area (Å²) in [5.41, 5.74) is 15.7. The summed E-state index contributed by atoms with van der Waals surface area (Å²) in [5.74, 6) is 0.184. The van der Waals surface area contributed by atoms with Gasteiger partial charge in [-0.15, -0.1) is 0 Å². The Hall–Kier alpha value is -2.43. The summed E-state index contributed by atoms with van der Waals surface area (Å²) in [6.45, 7) is 5.95. The Balaban J connectivity index is 2.24. The lowest BCUT2D eigenvalue weighted by Crippen LogP contribution is -2.36. The molecule has 0 saturated carbocycles. The van der Waals surface area contributed by atoms with E-state index in [2.05, 4.69) is 23.8 Å². The number of carbonyl (C=O) groups excluding carboxylic acids is 1. The van der Waals surface area contributed by atoms with E-state index in [1.54, 1.807) is 13.1 Å². The van der Waals surface area contributed by atoms with E-state index in [4.69, 9.17) is 11.5 Å². The maximum absolute atomic E-state index is 12.8. The first kappa shape index (κ1) is 15.5. The van der Waals surface area contributed by atoms with Gasteiger partial charge in [-0.3, -0.25) is 9.78 Å². The van der Waals surface area contributed by atoms with Gasteiger partial charge in [0.25, 0.3) is 0 Å². The average Bonchev–Trinajstić information content (AvgIpc) is 2.44. The molecule has 2 heterocycles. The number of hydrogen-bond donors (Lipinski definition) is 2. The molecule has 0 aromatic carbocycles. The largest absolute Gasteiger partial charge is 0.402 e. The van der Waals surface area contributed by atoms with Crippen LogP contribution in [0.2, 0.25) is 0 Å². The number of carbonyl (C=O) groups is 1. The van der Waals surface area contributed by atoms with Crippen LogP contribution in [0, 0.1) is 5.41 Å². The van der Waals surface area contributed by atoms with Gasteiger partial charge in [0, 0.05) is 29.5 Å². The van der Waals surface area contributed by atoms with E-state index in [-0.39, 0.29) is 17.1 Å². The molecule has 1 unspecified atom stereocenters. The van der Waals surface area contributed by atoms with Crippen LogP contribution in [0.1, 0.15) is 45.2 Å². The van der Waals surface area contributed by atoms with Crippen LogP contribution in [0.25, 0.3) is 0 Å². The molecule has 23 heavy (non-hydrogen) atoms. The summed E-state index contributed by atoms with van der Waals surface area (Å²) in [7, 11) is 0. The molecule has 2 aliphatic rings. The molecule has 0 amide bonds. The molecular weight excluding hydrogens is 288 g/mol. The highest BCUT2D eigenvalue weighted by atomic mass is 16.1. The quantitative estimate of drug-likeness (QED) is 0.832. The van der Waals surface area contributed by atoms with Gasteiger partial charge < -0.3 is 11.5 Å². The summed E-state index contributed by atoms with van der Waals surface area (Å²) in [5, 5.41) is 0. The maximum Gasteiger partial charge on any atom is 0.162 e. The van der Waals surface area contributed by atoms with Crippen LogP contribution in [-0.4, -0.2) is 16.6 Å². The lowest BCUT2D eigenvalue weighted by molar-refractivity contribution is -0.118. The minimum atomic E-state index is -0.322. The zero-order valence-corrected chi connectivity index (χ0v) is 13.8. The lowest BCUT2D eigenvalue weighted by Gasteiger charge is -2.36. The van der Waals surface area contributed by atoms with E-state index in [9.17, 15) is 4.79 Å². The summed E-state index contributed by atoms with van der Waals surface area (Å²) < 4.78 is 0. The molecule has 4 N–H and O–H groups in total. The first-order chi connectivity index (χ1) is 10.8. The van der Waals surface area contributed by atoms with E-state index >= 15 is 0 Å². The molecule has 5 heteroatoms. The maximum atomic E-state index is 12.8. The van der Waals surface area contributed by atoms with Crippen molar-refractivity contribution in [2.24, 2.45) is 21.9 Å². The van der Waals surface area contributed by atoms with E-state index in [0.717, 1.165) is 17.8 Å². The molecule has 120 valence electrons. The van der Waals surface area contributed by atoms with Crippen molar-refractivity contribution in [1.29, 1.82) is 0 Å². The number of Topliss-reactive ketones (excluding diaryl/α,β-unsaturated/α-hetero) is 1. The Morgan fingerprint density at radius 2 is 2.04 bits per heavy atom. The van der Waals surface area contributed by atoms with Gasteiger partial charge in [-0.25, -0.2) is 4.99 Å². The van der Waals surface area contributed by atoms with Crippen LogP contribution >= 0.6 is 0 Å². The number of allylic oxidation sites excluding steroid dienone is 3. The standard InChI is InChI=1S/C18H22N4O/c1-10(19)14-16(11-6-4-5-7-21-11)15-12(22-17(14)20)8-18(2,3)9-13(15)23/h4-7,16H,8-9,19H2,1-3H3,(H2,20,22)/b14-10-. The fourth-order valence-electron chi connectivity index (χ4n) is 3.50. The van der Waals surface area contributed by atoms with Crippen molar-refractivity contribution < 1.29 is 4.79 Å². The molecule has 5 nitrogen and oxygen atoms in total. The summed E-state index contributed by atoms with van der Waals surface area (Å²) in [6, 6.07) is 5.67. The molecule has 1 atom stereocenters. The van der Waals surface area contributed by atoms with Crippen LogP contribution in [0.15, 0.2) is 51.9 Å². The molecule has 0 radical (unpaired) electrons. The Kier molecular flexibility index (Phi) is 3.59. The third-order valence-electron chi connectivity index (χ3n) is 4.41. The highest BCUT2D eigenvalue weighted by molar-refractivity contribution is 6.08. The summed E-state index contributed by atoms with van der Waals surface area (Å²) in [6.07, 6.45) is 2.95. The summed E-state index contributed by atoms with van der Waals surface area (Å²) in [4.78, 5) is 21.8. The number of aliphatic imine (C=N–C) groups is 1. The predicted molar refractivity (Wildman–Crippen MR) is 90.5 cm³/mol. The van der Waals surface area contributed by atoms with Gasteiger partial charge in [-0.05, 0) is 30.9 Å². The lowest BCUT2D eigenvalue weighted by atomic mass is 9.69. The molecule has 0 bridgehead atoms. The molecule has 1 aliphatic heterocycles. The van der Waals surface area contributed by atoms with Crippen molar-refractivity contribution in [3.8, 4) is 0 Å². The van der Waals surface area contributed by atoms with E-state index in [1.807, 2.05) is 18.2 Å². The van der Waals surface area contributed by atoms with Crippen molar-refractivity contribution >= 4 is 11.6 Å². The number of hydrogen-bond acceptors (Lipinski definition) is 5. The van der Waals surface area contributed by atoms with E-state index in [0.29, 0.717) is 29.1 Å². The second kappa shape index (κ2) is 5.33. The Labute approximate surface area is 136 Å². The number of pyridine rings is 1. The predicted octanol–water partition coefficient (Wildman–Crippen LogP) is 2.41. The van der Waals surface area contributed by atoms with E-state index < -0.39 is 0 Å². The molecule has 0 fully saturated rings. The first-order valence-electron chi connectivity index (χ1n) is 7.78. The Morgan fingerprint density at radius 1 is 1.30 bits per heavy atom. The van der Waals surface area contributed by atoms with Gasteiger partial charge in [-0.1, -0.05) is 19.9 Å². The minimum Gasteiger partial charge on any atom is -0.402 e. The first-order valence-corrected chi connectivity index (χ1v) is 7.78. The fraction of sp³-hybridized carbons (Fsp3) is 0.389. The van der Waals surface area contributed by atoms with Gasteiger partial charge in [0.15, 0.2) is 5.78 Å². The smallest absolute Gasteiger partial charge is 0.162 e. The number of amidine groups is 1. The van der Waals surface area contributed by atoms with Crippen molar-refractivity contribution in [2.45, 2.75) is 39.5 Å². The van der Waals surface area contributed by atoms with Crippen molar-refractivity contribution in [3.63, 3.8) is 0 Å². The number of nitrogens with zero attached hydrogens (tertiary/aromatic N) is 2. The highest BCUT2D eigenvalue weighted by Gasteiger charge is 2.42. The molecule has 0 saturated heterocycles. The van der Waals surface area contributed by atoms with Gasteiger partial charge in [-0.2, -0.15) is 0 Å². The van der Waals surface area contributed by atoms with Crippen molar-refractivity contribution in [2.75, 3.05) is 0 Å². The normalized spacial score (nSPS) is 25.8. The van der Waals surface area contributed by atoms with Gasteiger partial charge in [0.2, 0.25) is 0 Å². The monoisotopic (exact) mass is 310 g/mol. The van der Waals surface area contributed by atoms with Crippen LogP contribution in [0.3, 0.4) is 0 Å². The van der Waals surface area contributed by atoms with Crippen molar-refractivity contribution in [1.82, 2.24) is 4.98 Å². The molecule has 1 aliphatic carbocycles. The number of ketones is 1. The molecule has 0 spiro atoms. The number of nitrogens with two attached hydrogens (primary N) is 2. The highest BCUT2D eigenvalue weighted by Crippen LogP contribution is 2.46. The van der Waals surface area contributed by atoms with Crippen LogP contribution < -0.4 is 11.5 Å². The molecule has 1 aromatic heterocycles.